The van der Waals surface area contributed by atoms with Gasteiger partial charge in [0.1, 0.15) is 0 Å². The van der Waals surface area contributed by atoms with Crippen LogP contribution in [0.2, 0.25) is 0 Å². The molecule has 0 atom stereocenters. The van der Waals surface area contributed by atoms with Crippen LogP contribution in [0.4, 0.5) is 0 Å². The number of nitrogens with zero attached hydrogens (tertiary/aromatic N) is 3. The predicted molar refractivity (Wildman–Crippen MR) is 50.0 cm³/mol. The number of aromatic nitrogens is 4. The van der Waals surface area contributed by atoms with Crippen LogP contribution in [0.25, 0.3) is 10.8 Å². The molecule has 0 spiro atoms. The van der Waals surface area contributed by atoms with Crippen molar-refractivity contribution in [2.75, 3.05) is 0 Å². The molecule has 2 aromatic heterocycles. The van der Waals surface area contributed by atoms with Crippen LogP contribution in [-0.2, 0) is 12.8 Å². The first-order valence-corrected chi connectivity index (χ1v) is 4.58. The molecule has 2 heterocycles. The molecule has 0 amide bonds. The van der Waals surface area contributed by atoms with Gasteiger partial charge >= 0.3 is 0 Å². The van der Waals surface area contributed by atoms with Gasteiger partial charge in [-0.05, 0) is 19.3 Å². The lowest BCUT2D eigenvalue weighted by molar-refractivity contribution is 0.731. The van der Waals surface area contributed by atoms with Crippen LogP contribution in [0.3, 0.4) is 0 Å². The van der Waals surface area contributed by atoms with Gasteiger partial charge in [-0.2, -0.15) is 15.3 Å². The van der Waals surface area contributed by atoms with Crippen molar-refractivity contribution in [3.8, 4) is 0 Å². The lowest BCUT2D eigenvalue weighted by Crippen LogP contribution is -2.16. The summed E-state index contributed by atoms with van der Waals surface area (Å²) in [5.41, 5.74) is 1.67. The summed E-state index contributed by atoms with van der Waals surface area (Å²) >= 11 is 0. The number of aromatic amines is 1. The SMILES string of the molecule is O=c1[nH]nc2c3c(nncc13)CCC2. The Morgan fingerprint density at radius 1 is 1.29 bits per heavy atom. The normalized spacial score (nSPS) is 14.6. The molecule has 0 radical (unpaired) electrons. The smallest absolute Gasteiger partial charge is 0.267 e. The molecule has 0 unspecified atom stereocenters. The third-order valence-electron chi connectivity index (χ3n) is 2.58. The van der Waals surface area contributed by atoms with Crippen molar-refractivity contribution in [3.05, 3.63) is 27.9 Å². The highest BCUT2D eigenvalue weighted by molar-refractivity contribution is 5.85. The van der Waals surface area contributed by atoms with E-state index >= 15 is 0 Å². The highest BCUT2D eigenvalue weighted by Gasteiger charge is 2.16. The molecule has 14 heavy (non-hydrogen) atoms. The molecular weight excluding hydrogens is 180 g/mol. The maximum Gasteiger partial charge on any atom is 0.273 e. The van der Waals surface area contributed by atoms with Crippen LogP contribution in [0, 0.1) is 0 Å². The summed E-state index contributed by atoms with van der Waals surface area (Å²) in [7, 11) is 0. The second kappa shape index (κ2) is 2.60. The fraction of sp³-hybridized carbons (Fsp3) is 0.333. The first kappa shape index (κ1) is 7.61. The van der Waals surface area contributed by atoms with E-state index in [-0.39, 0.29) is 5.56 Å². The summed E-state index contributed by atoms with van der Waals surface area (Å²) in [6.07, 6.45) is 4.34. The van der Waals surface area contributed by atoms with E-state index in [1.807, 2.05) is 0 Å². The predicted octanol–water partition coefficient (Wildman–Crippen LogP) is 0.202. The minimum Gasteiger partial charge on any atom is -0.267 e. The van der Waals surface area contributed by atoms with Gasteiger partial charge < -0.3 is 0 Å². The van der Waals surface area contributed by atoms with Gasteiger partial charge in [0, 0.05) is 5.39 Å². The summed E-state index contributed by atoms with van der Waals surface area (Å²) in [6, 6.07) is 0. The molecule has 0 saturated heterocycles. The Morgan fingerprint density at radius 3 is 3.07 bits per heavy atom. The van der Waals surface area contributed by atoms with E-state index in [2.05, 4.69) is 20.4 Å². The number of aryl methyl sites for hydroxylation is 2. The topological polar surface area (TPSA) is 71.5 Å². The Bertz CT molecular complexity index is 550. The molecule has 2 aromatic rings. The Hall–Kier alpha value is -1.78. The van der Waals surface area contributed by atoms with Crippen LogP contribution in [-0.4, -0.2) is 20.4 Å². The largest absolute Gasteiger partial charge is 0.273 e. The van der Waals surface area contributed by atoms with E-state index in [0.29, 0.717) is 5.39 Å². The average molecular weight is 188 g/mol. The Labute approximate surface area is 79.2 Å². The molecular formula is C9H8N4O. The van der Waals surface area contributed by atoms with E-state index in [1.165, 1.54) is 6.20 Å². The van der Waals surface area contributed by atoms with Crippen LogP contribution in [0.1, 0.15) is 17.8 Å². The highest BCUT2D eigenvalue weighted by Crippen LogP contribution is 2.22. The summed E-state index contributed by atoms with van der Waals surface area (Å²) in [5.74, 6) is 0. The molecule has 0 fully saturated rings. The third kappa shape index (κ3) is 0.891. The van der Waals surface area contributed by atoms with Gasteiger partial charge in [0.25, 0.3) is 5.56 Å². The minimum atomic E-state index is -0.179. The summed E-state index contributed by atoms with van der Waals surface area (Å²) in [6.45, 7) is 0. The van der Waals surface area contributed by atoms with Gasteiger partial charge in [-0.1, -0.05) is 0 Å². The second-order valence-electron chi connectivity index (χ2n) is 3.43. The van der Waals surface area contributed by atoms with E-state index in [0.717, 1.165) is 36.0 Å². The zero-order chi connectivity index (χ0) is 9.54. The molecule has 5 heteroatoms. The number of rotatable bonds is 0. The van der Waals surface area contributed by atoms with Crippen molar-refractivity contribution in [3.63, 3.8) is 0 Å². The van der Waals surface area contributed by atoms with Gasteiger partial charge in [0.2, 0.25) is 0 Å². The molecule has 0 aromatic carbocycles. The van der Waals surface area contributed by atoms with Gasteiger partial charge in [-0.3, -0.25) is 4.79 Å². The van der Waals surface area contributed by atoms with Gasteiger partial charge in [0.15, 0.2) is 0 Å². The van der Waals surface area contributed by atoms with Crippen molar-refractivity contribution in [2.24, 2.45) is 0 Å². The lowest BCUT2D eigenvalue weighted by Gasteiger charge is -2.12. The fourth-order valence-corrected chi connectivity index (χ4v) is 1.93. The standard InChI is InChI=1S/C9H8N4O/c14-9-5-4-10-11-6-2-1-3-7(8(5)6)12-13-9/h4H,1-3H2,(H,13,14). The van der Waals surface area contributed by atoms with Gasteiger partial charge in [-0.25, -0.2) is 5.10 Å². The Balaban J connectivity index is 2.57. The first-order valence-electron chi connectivity index (χ1n) is 4.58. The van der Waals surface area contributed by atoms with Crippen molar-refractivity contribution in [1.82, 2.24) is 20.4 Å². The van der Waals surface area contributed by atoms with Crippen LogP contribution in [0.15, 0.2) is 11.0 Å². The minimum absolute atomic E-state index is 0.179. The monoisotopic (exact) mass is 188 g/mol. The van der Waals surface area contributed by atoms with E-state index < -0.39 is 0 Å². The van der Waals surface area contributed by atoms with E-state index in [4.69, 9.17) is 0 Å². The van der Waals surface area contributed by atoms with Crippen molar-refractivity contribution < 1.29 is 0 Å². The van der Waals surface area contributed by atoms with Crippen molar-refractivity contribution >= 4 is 10.8 Å². The summed E-state index contributed by atoms with van der Waals surface area (Å²) in [5, 5.41) is 15.9. The Morgan fingerprint density at radius 2 is 2.14 bits per heavy atom. The maximum atomic E-state index is 11.4. The number of H-pyrrole nitrogens is 1. The highest BCUT2D eigenvalue weighted by atomic mass is 16.1. The molecule has 5 nitrogen and oxygen atoms in total. The lowest BCUT2D eigenvalue weighted by atomic mass is 9.98. The van der Waals surface area contributed by atoms with Crippen molar-refractivity contribution in [2.45, 2.75) is 19.3 Å². The van der Waals surface area contributed by atoms with Gasteiger partial charge in [0.05, 0.1) is 23.0 Å². The third-order valence-corrected chi connectivity index (χ3v) is 2.58. The zero-order valence-electron chi connectivity index (χ0n) is 7.45. The molecule has 3 rings (SSSR count). The zero-order valence-corrected chi connectivity index (χ0v) is 7.45. The molecule has 0 aliphatic heterocycles. The molecule has 1 aliphatic rings. The molecule has 1 aliphatic carbocycles. The second-order valence-corrected chi connectivity index (χ2v) is 3.43. The average Bonchev–Trinajstić information content (AvgIpc) is 2.24. The Kier molecular flexibility index (Phi) is 1.41. The summed E-state index contributed by atoms with van der Waals surface area (Å²) < 4.78 is 0. The number of nitrogens with one attached hydrogen (secondary N) is 1. The van der Waals surface area contributed by atoms with Crippen LogP contribution < -0.4 is 5.56 Å². The number of hydrogen-bond donors (Lipinski definition) is 1. The van der Waals surface area contributed by atoms with E-state index in [9.17, 15) is 4.79 Å². The molecule has 0 bridgehead atoms. The van der Waals surface area contributed by atoms with Crippen LogP contribution >= 0.6 is 0 Å². The molecule has 70 valence electrons. The summed E-state index contributed by atoms with van der Waals surface area (Å²) in [4.78, 5) is 11.4. The van der Waals surface area contributed by atoms with Gasteiger partial charge in [-0.15, -0.1) is 0 Å². The maximum absolute atomic E-state index is 11.4. The quantitative estimate of drug-likeness (QED) is 0.641. The molecule has 1 N–H and O–H groups in total. The van der Waals surface area contributed by atoms with Crippen LogP contribution in [0.5, 0.6) is 0 Å². The first-order chi connectivity index (χ1) is 6.86. The molecule has 0 saturated carbocycles. The fourth-order valence-electron chi connectivity index (χ4n) is 1.93. The van der Waals surface area contributed by atoms with E-state index in [1.54, 1.807) is 0 Å². The van der Waals surface area contributed by atoms with Crippen molar-refractivity contribution in [1.29, 1.82) is 0 Å². The number of hydrogen-bond acceptors (Lipinski definition) is 4.